The molecule has 0 saturated heterocycles. The summed E-state index contributed by atoms with van der Waals surface area (Å²) in [5.41, 5.74) is 4.34. The third-order valence-electron chi connectivity index (χ3n) is 3.26. The number of hydrogen-bond donors (Lipinski definition) is 0. The average molecular weight is 256 g/mol. The molecule has 0 unspecified atom stereocenters. The number of pyridine rings is 1. The van der Waals surface area contributed by atoms with E-state index in [0.29, 0.717) is 5.02 Å². The molecule has 2 heteroatoms. The van der Waals surface area contributed by atoms with Crippen LogP contribution in [0.5, 0.6) is 0 Å². The molecule has 0 amide bonds. The van der Waals surface area contributed by atoms with Gasteiger partial charge in [-0.05, 0) is 43.0 Å². The second-order valence-electron chi connectivity index (χ2n) is 4.60. The molecule has 0 radical (unpaired) electrons. The second-order valence-corrected chi connectivity index (χ2v) is 5.01. The van der Waals surface area contributed by atoms with E-state index >= 15 is 0 Å². The van der Waals surface area contributed by atoms with Crippen LogP contribution < -0.4 is 0 Å². The van der Waals surface area contributed by atoms with Crippen LogP contribution in [0.2, 0.25) is 5.02 Å². The minimum absolute atomic E-state index is 0.717. The number of benzene rings is 1. The van der Waals surface area contributed by atoms with E-state index in [1.165, 1.54) is 11.1 Å². The largest absolute Gasteiger partial charge is 0.246 e. The fourth-order valence-electron chi connectivity index (χ4n) is 2.35. The van der Waals surface area contributed by atoms with Crippen molar-refractivity contribution in [3.8, 4) is 0 Å². The van der Waals surface area contributed by atoms with Gasteiger partial charge in [0.25, 0.3) is 0 Å². The van der Waals surface area contributed by atoms with Gasteiger partial charge in [-0.3, -0.25) is 0 Å². The standard InChI is InChI=1S/C16H14ClN/c1-11-10-13-8-5-9-14(17)16(13)18-15(11)12-6-3-2-4-7-12/h3,5-10H,2,4H2,1H3. The van der Waals surface area contributed by atoms with Crippen LogP contribution in [0.15, 0.2) is 42.5 Å². The van der Waals surface area contributed by atoms with Gasteiger partial charge in [0.05, 0.1) is 16.2 Å². The number of allylic oxidation sites excluding steroid dienone is 4. The zero-order valence-corrected chi connectivity index (χ0v) is 11.0. The van der Waals surface area contributed by atoms with E-state index in [2.05, 4.69) is 37.3 Å². The lowest BCUT2D eigenvalue weighted by molar-refractivity contribution is 1.04. The Balaban J connectivity index is 2.24. The summed E-state index contributed by atoms with van der Waals surface area (Å²) in [7, 11) is 0. The molecule has 0 fully saturated rings. The van der Waals surface area contributed by atoms with Crippen LogP contribution in [-0.4, -0.2) is 4.98 Å². The molecule has 1 heterocycles. The number of aromatic nitrogens is 1. The molecule has 18 heavy (non-hydrogen) atoms. The van der Waals surface area contributed by atoms with E-state index < -0.39 is 0 Å². The topological polar surface area (TPSA) is 12.9 Å². The monoisotopic (exact) mass is 255 g/mol. The lowest BCUT2D eigenvalue weighted by Gasteiger charge is -2.11. The van der Waals surface area contributed by atoms with Crippen LogP contribution in [0.3, 0.4) is 0 Å². The van der Waals surface area contributed by atoms with E-state index in [9.17, 15) is 0 Å². The number of halogens is 1. The first kappa shape index (κ1) is 11.5. The highest BCUT2D eigenvalue weighted by Crippen LogP contribution is 2.28. The highest BCUT2D eigenvalue weighted by Gasteiger charge is 2.09. The predicted octanol–water partition coefficient (Wildman–Crippen LogP) is 4.93. The third kappa shape index (κ3) is 1.95. The normalized spacial score (nSPS) is 14.9. The molecule has 2 aromatic rings. The van der Waals surface area contributed by atoms with Crippen LogP contribution in [-0.2, 0) is 0 Å². The first-order chi connectivity index (χ1) is 8.75. The van der Waals surface area contributed by atoms with Crippen LogP contribution in [0.1, 0.15) is 24.1 Å². The van der Waals surface area contributed by atoms with Crippen molar-refractivity contribution in [2.24, 2.45) is 0 Å². The average Bonchev–Trinajstić information content (AvgIpc) is 2.39. The Bertz CT molecular complexity index is 668. The Morgan fingerprint density at radius 3 is 2.89 bits per heavy atom. The minimum atomic E-state index is 0.717. The quantitative estimate of drug-likeness (QED) is 0.704. The molecular formula is C16H14ClN. The van der Waals surface area contributed by atoms with Crippen molar-refractivity contribution in [1.29, 1.82) is 0 Å². The van der Waals surface area contributed by atoms with Crippen molar-refractivity contribution < 1.29 is 0 Å². The molecule has 0 aliphatic heterocycles. The van der Waals surface area contributed by atoms with Crippen molar-refractivity contribution >= 4 is 28.1 Å². The maximum atomic E-state index is 6.22. The fourth-order valence-corrected chi connectivity index (χ4v) is 2.57. The number of hydrogen-bond acceptors (Lipinski definition) is 1. The van der Waals surface area contributed by atoms with Gasteiger partial charge >= 0.3 is 0 Å². The molecule has 1 aromatic carbocycles. The lowest BCUT2D eigenvalue weighted by atomic mass is 9.99. The molecule has 0 saturated carbocycles. The zero-order chi connectivity index (χ0) is 12.5. The van der Waals surface area contributed by atoms with Gasteiger partial charge in [-0.1, -0.05) is 42.0 Å². The second kappa shape index (κ2) is 4.58. The van der Waals surface area contributed by atoms with Gasteiger partial charge < -0.3 is 0 Å². The van der Waals surface area contributed by atoms with Gasteiger partial charge in [0.2, 0.25) is 0 Å². The Labute approximate surface area is 112 Å². The first-order valence-corrected chi connectivity index (χ1v) is 6.56. The SMILES string of the molecule is Cc1cc2cccc(Cl)c2nc1C1=CCCC=C1. The highest BCUT2D eigenvalue weighted by atomic mass is 35.5. The summed E-state index contributed by atoms with van der Waals surface area (Å²) in [6.07, 6.45) is 8.82. The number of rotatable bonds is 1. The lowest BCUT2D eigenvalue weighted by Crippen LogP contribution is -1.95. The Morgan fingerprint density at radius 2 is 2.11 bits per heavy atom. The van der Waals surface area contributed by atoms with Crippen molar-refractivity contribution in [2.45, 2.75) is 19.8 Å². The number of aryl methyl sites for hydroxylation is 1. The fraction of sp³-hybridized carbons (Fsp3) is 0.188. The molecule has 1 aliphatic rings. The van der Waals surface area contributed by atoms with E-state index in [4.69, 9.17) is 16.6 Å². The molecule has 0 N–H and O–H groups in total. The molecule has 1 aliphatic carbocycles. The molecule has 0 spiro atoms. The van der Waals surface area contributed by atoms with Crippen LogP contribution in [0.25, 0.3) is 16.5 Å². The number of para-hydroxylation sites is 1. The van der Waals surface area contributed by atoms with Crippen molar-refractivity contribution in [1.82, 2.24) is 4.98 Å². The summed E-state index contributed by atoms with van der Waals surface area (Å²) >= 11 is 6.22. The number of fused-ring (bicyclic) bond motifs is 1. The molecule has 0 atom stereocenters. The summed E-state index contributed by atoms with van der Waals surface area (Å²) in [4.78, 5) is 4.75. The van der Waals surface area contributed by atoms with Crippen molar-refractivity contribution in [3.05, 3.63) is 58.8 Å². The highest BCUT2D eigenvalue weighted by molar-refractivity contribution is 6.35. The van der Waals surface area contributed by atoms with Crippen LogP contribution in [0.4, 0.5) is 0 Å². The first-order valence-electron chi connectivity index (χ1n) is 6.18. The molecule has 1 aromatic heterocycles. The van der Waals surface area contributed by atoms with Gasteiger partial charge in [-0.2, -0.15) is 0 Å². The Kier molecular flexibility index (Phi) is 2.92. The zero-order valence-electron chi connectivity index (χ0n) is 10.3. The summed E-state index contributed by atoms with van der Waals surface area (Å²) in [6.45, 7) is 2.10. The van der Waals surface area contributed by atoms with Crippen molar-refractivity contribution in [3.63, 3.8) is 0 Å². The predicted molar refractivity (Wildman–Crippen MR) is 77.8 cm³/mol. The van der Waals surface area contributed by atoms with Crippen LogP contribution >= 0.6 is 11.6 Å². The van der Waals surface area contributed by atoms with Gasteiger partial charge in [0, 0.05) is 5.39 Å². The Hall–Kier alpha value is -1.60. The summed E-state index contributed by atoms with van der Waals surface area (Å²) in [5.74, 6) is 0. The third-order valence-corrected chi connectivity index (χ3v) is 3.56. The van der Waals surface area contributed by atoms with Gasteiger partial charge in [0.15, 0.2) is 0 Å². The van der Waals surface area contributed by atoms with E-state index in [1.807, 2.05) is 12.1 Å². The van der Waals surface area contributed by atoms with Crippen molar-refractivity contribution in [2.75, 3.05) is 0 Å². The van der Waals surface area contributed by atoms with Gasteiger partial charge in [-0.15, -0.1) is 0 Å². The number of nitrogens with zero attached hydrogens (tertiary/aromatic N) is 1. The Morgan fingerprint density at radius 1 is 1.22 bits per heavy atom. The smallest absolute Gasteiger partial charge is 0.0895 e. The van der Waals surface area contributed by atoms with Crippen LogP contribution in [0, 0.1) is 6.92 Å². The van der Waals surface area contributed by atoms with Gasteiger partial charge in [-0.25, -0.2) is 4.98 Å². The molecular weight excluding hydrogens is 242 g/mol. The molecule has 1 nitrogen and oxygen atoms in total. The van der Waals surface area contributed by atoms with E-state index in [0.717, 1.165) is 29.4 Å². The molecule has 0 bridgehead atoms. The van der Waals surface area contributed by atoms with Gasteiger partial charge in [0.1, 0.15) is 0 Å². The van der Waals surface area contributed by atoms with E-state index in [1.54, 1.807) is 0 Å². The summed E-state index contributed by atoms with van der Waals surface area (Å²) in [5, 5.41) is 1.82. The maximum Gasteiger partial charge on any atom is 0.0895 e. The minimum Gasteiger partial charge on any atom is -0.246 e. The maximum absolute atomic E-state index is 6.22. The summed E-state index contributed by atoms with van der Waals surface area (Å²) in [6, 6.07) is 8.06. The molecule has 3 rings (SSSR count). The summed E-state index contributed by atoms with van der Waals surface area (Å²) < 4.78 is 0. The molecule has 90 valence electrons. The van der Waals surface area contributed by atoms with E-state index in [-0.39, 0.29) is 0 Å².